The second kappa shape index (κ2) is 8.18. The highest BCUT2D eigenvalue weighted by molar-refractivity contribution is 5.50. The van der Waals surface area contributed by atoms with Crippen molar-refractivity contribution < 1.29 is 0 Å². The van der Waals surface area contributed by atoms with Gasteiger partial charge in [0.05, 0.1) is 0 Å². The Balaban J connectivity index is 2.67. The van der Waals surface area contributed by atoms with Crippen LogP contribution in [0.5, 0.6) is 0 Å². The van der Waals surface area contributed by atoms with Crippen LogP contribution in [0, 0.1) is 6.92 Å². The molecule has 0 heterocycles. The van der Waals surface area contributed by atoms with E-state index in [0.29, 0.717) is 0 Å². The number of rotatable bonds is 8. The molecule has 3 nitrogen and oxygen atoms in total. The van der Waals surface area contributed by atoms with Crippen LogP contribution in [0.25, 0.3) is 0 Å². The van der Waals surface area contributed by atoms with Crippen LogP contribution in [0.1, 0.15) is 24.5 Å². The van der Waals surface area contributed by atoms with Gasteiger partial charge in [0, 0.05) is 18.8 Å². The summed E-state index contributed by atoms with van der Waals surface area (Å²) in [5.41, 5.74) is 9.69. The lowest BCUT2D eigenvalue weighted by Crippen LogP contribution is -2.27. The quantitative estimate of drug-likeness (QED) is 0.781. The lowest BCUT2D eigenvalue weighted by atomic mass is 10.0. The minimum absolute atomic E-state index is 0.723. The molecule has 0 aromatic heterocycles. The van der Waals surface area contributed by atoms with Crippen molar-refractivity contribution in [3.8, 4) is 0 Å². The second-order valence-corrected chi connectivity index (χ2v) is 5.39. The first-order valence-corrected chi connectivity index (χ1v) is 7.27. The van der Waals surface area contributed by atoms with Gasteiger partial charge in [-0.3, -0.25) is 0 Å². The van der Waals surface area contributed by atoms with E-state index in [9.17, 15) is 0 Å². The molecule has 1 aromatic carbocycles. The Hall–Kier alpha value is -1.06. The molecule has 0 saturated carbocycles. The van der Waals surface area contributed by atoms with Crippen molar-refractivity contribution in [2.75, 3.05) is 45.2 Å². The van der Waals surface area contributed by atoms with E-state index < -0.39 is 0 Å². The van der Waals surface area contributed by atoms with Gasteiger partial charge in [0.2, 0.25) is 0 Å². The van der Waals surface area contributed by atoms with Gasteiger partial charge in [-0.05, 0) is 77.1 Å². The molecule has 0 saturated heterocycles. The van der Waals surface area contributed by atoms with Gasteiger partial charge in [-0.25, -0.2) is 0 Å². The zero-order chi connectivity index (χ0) is 14.3. The molecule has 0 bridgehead atoms. The van der Waals surface area contributed by atoms with Crippen molar-refractivity contribution in [3.05, 3.63) is 29.3 Å². The van der Waals surface area contributed by atoms with Crippen molar-refractivity contribution in [1.29, 1.82) is 0 Å². The van der Waals surface area contributed by atoms with Crippen molar-refractivity contribution in [2.24, 2.45) is 5.73 Å². The van der Waals surface area contributed by atoms with E-state index >= 15 is 0 Å². The van der Waals surface area contributed by atoms with Crippen LogP contribution in [0.4, 0.5) is 5.69 Å². The Morgan fingerprint density at radius 1 is 1.16 bits per heavy atom. The van der Waals surface area contributed by atoms with Crippen molar-refractivity contribution in [3.63, 3.8) is 0 Å². The third-order valence-corrected chi connectivity index (χ3v) is 3.52. The molecule has 0 atom stereocenters. The summed E-state index contributed by atoms with van der Waals surface area (Å²) >= 11 is 0. The highest BCUT2D eigenvalue weighted by atomic mass is 15.1. The molecule has 3 heteroatoms. The summed E-state index contributed by atoms with van der Waals surface area (Å²) in [6.45, 7) is 8.44. The molecule has 0 radical (unpaired) electrons. The van der Waals surface area contributed by atoms with Gasteiger partial charge < -0.3 is 15.5 Å². The fraction of sp³-hybridized carbons (Fsp3) is 0.625. The van der Waals surface area contributed by atoms with Gasteiger partial charge in [-0.2, -0.15) is 0 Å². The zero-order valence-corrected chi connectivity index (χ0v) is 12.9. The van der Waals surface area contributed by atoms with Gasteiger partial charge >= 0.3 is 0 Å². The van der Waals surface area contributed by atoms with Crippen LogP contribution in [0.3, 0.4) is 0 Å². The van der Waals surface area contributed by atoms with Crippen LogP contribution < -0.4 is 10.6 Å². The molecule has 0 fully saturated rings. The first-order chi connectivity index (χ1) is 9.08. The van der Waals surface area contributed by atoms with Gasteiger partial charge in [-0.15, -0.1) is 0 Å². The average molecular weight is 263 g/mol. The first-order valence-electron chi connectivity index (χ1n) is 7.27. The van der Waals surface area contributed by atoms with Crippen LogP contribution in [0.15, 0.2) is 18.2 Å². The largest absolute Gasteiger partial charge is 0.372 e. The summed E-state index contributed by atoms with van der Waals surface area (Å²) in [4.78, 5) is 4.69. The maximum Gasteiger partial charge on any atom is 0.0368 e. The Bertz CT molecular complexity index is 374. The number of nitrogens with zero attached hydrogens (tertiary/aromatic N) is 2. The number of nitrogens with two attached hydrogens (primary N) is 1. The minimum Gasteiger partial charge on any atom is -0.372 e. The average Bonchev–Trinajstić information content (AvgIpc) is 2.37. The molecule has 0 unspecified atom stereocenters. The Labute approximate surface area is 118 Å². The predicted octanol–water partition coefficient (Wildman–Crippen LogP) is 2.27. The number of hydrogen-bond donors (Lipinski definition) is 1. The summed E-state index contributed by atoms with van der Waals surface area (Å²) in [5.74, 6) is 0. The van der Waals surface area contributed by atoms with E-state index in [-0.39, 0.29) is 0 Å². The normalized spacial score (nSPS) is 11.1. The van der Waals surface area contributed by atoms with Gasteiger partial charge in [0.25, 0.3) is 0 Å². The van der Waals surface area contributed by atoms with Crippen molar-refractivity contribution in [2.45, 2.75) is 26.7 Å². The molecule has 0 aliphatic carbocycles. The molecule has 1 aromatic rings. The zero-order valence-electron chi connectivity index (χ0n) is 12.9. The predicted molar refractivity (Wildman–Crippen MR) is 85.0 cm³/mol. The highest BCUT2D eigenvalue weighted by Gasteiger charge is 2.06. The van der Waals surface area contributed by atoms with E-state index in [0.717, 1.165) is 32.6 Å². The van der Waals surface area contributed by atoms with Gasteiger partial charge in [0.15, 0.2) is 0 Å². The van der Waals surface area contributed by atoms with Gasteiger partial charge in [0.1, 0.15) is 0 Å². The highest BCUT2D eigenvalue weighted by Crippen LogP contribution is 2.19. The maximum absolute atomic E-state index is 5.63. The lowest BCUT2D eigenvalue weighted by Gasteiger charge is -2.25. The van der Waals surface area contributed by atoms with E-state index in [1.54, 1.807) is 0 Å². The first kappa shape index (κ1) is 16.0. The smallest absolute Gasteiger partial charge is 0.0368 e. The Morgan fingerprint density at radius 3 is 2.42 bits per heavy atom. The van der Waals surface area contributed by atoms with Crippen LogP contribution >= 0.6 is 0 Å². The minimum atomic E-state index is 0.723. The molecule has 0 spiro atoms. The second-order valence-electron chi connectivity index (χ2n) is 5.39. The molecule has 1 rings (SSSR count). The Kier molecular flexibility index (Phi) is 6.89. The molecule has 0 aliphatic rings. The summed E-state index contributed by atoms with van der Waals surface area (Å²) in [5, 5.41) is 0. The molecule has 2 N–H and O–H groups in total. The number of aryl methyl sites for hydroxylation is 1. The SMILES string of the molecule is CCN(CCCN(C)C)c1ccc(CCN)c(C)c1. The fourth-order valence-corrected chi connectivity index (χ4v) is 2.36. The molecule has 108 valence electrons. The number of benzene rings is 1. The summed E-state index contributed by atoms with van der Waals surface area (Å²) in [6, 6.07) is 6.76. The van der Waals surface area contributed by atoms with E-state index in [1.165, 1.54) is 23.2 Å². The van der Waals surface area contributed by atoms with Crippen molar-refractivity contribution >= 4 is 5.69 Å². The third kappa shape index (κ3) is 5.21. The van der Waals surface area contributed by atoms with Crippen LogP contribution in [-0.4, -0.2) is 45.2 Å². The monoisotopic (exact) mass is 263 g/mol. The van der Waals surface area contributed by atoms with E-state index in [1.807, 2.05) is 0 Å². The number of anilines is 1. The molecule has 0 aliphatic heterocycles. The van der Waals surface area contributed by atoms with Crippen LogP contribution in [0.2, 0.25) is 0 Å². The number of hydrogen-bond acceptors (Lipinski definition) is 3. The topological polar surface area (TPSA) is 32.5 Å². The maximum atomic E-state index is 5.63. The Morgan fingerprint density at radius 2 is 1.89 bits per heavy atom. The third-order valence-electron chi connectivity index (χ3n) is 3.52. The fourth-order valence-electron chi connectivity index (χ4n) is 2.36. The molecular weight excluding hydrogens is 234 g/mol. The summed E-state index contributed by atoms with van der Waals surface area (Å²) < 4.78 is 0. The van der Waals surface area contributed by atoms with Crippen molar-refractivity contribution in [1.82, 2.24) is 4.90 Å². The van der Waals surface area contributed by atoms with E-state index in [4.69, 9.17) is 5.73 Å². The summed E-state index contributed by atoms with van der Waals surface area (Å²) in [6.07, 6.45) is 2.17. The lowest BCUT2D eigenvalue weighted by molar-refractivity contribution is 0.400. The summed E-state index contributed by atoms with van der Waals surface area (Å²) in [7, 11) is 4.25. The molecule has 19 heavy (non-hydrogen) atoms. The molecular formula is C16H29N3. The van der Waals surface area contributed by atoms with E-state index in [2.05, 4.69) is 55.9 Å². The molecule has 0 amide bonds. The van der Waals surface area contributed by atoms with Crippen LogP contribution in [-0.2, 0) is 6.42 Å². The standard InChI is InChI=1S/C16H29N3/c1-5-19(12-6-11-18(3)4)16-8-7-15(9-10-17)14(2)13-16/h7-8,13H,5-6,9-12,17H2,1-4H3. The van der Waals surface area contributed by atoms with Gasteiger partial charge in [-0.1, -0.05) is 6.07 Å².